The molecule has 0 saturated heterocycles. The second-order valence-corrected chi connectivity index (χ2v) is 4.78. The molecule has 1 aromatic rings. The van der Waals surface area contributed by atoms with Crippen molar-refractivity contribution in [1.82, 2.24) is 10.5 Å². The van der Waals surface area contributed by atoms with Gasteiger partial charge in [0, 0.05) is 6.07 Å². The van der Waals surface area contributed by atoms with Crippen LogP contribution in [0.1, 0.15) is 25.3 Å². The molecule has 1 aromatic heterocycles. The molecule has 0 aliphatic carbocycles. The molecule has 1 atom stereocenters. The molecule has 0 fully saturated rings. The fourth-order valence-corrected chi connectivity index (χ4v) is 1.24. The van der Waals surface area contributed by atoms with Crippen molar-refractivity contribution in [2.24, 2.45) is 5.92 Å². The fraction of sp³-hybridized carbons (Fsp3) is 0.600. The first-order chi connectivity index (χ1) is 7.00. The van der Waals surface area contributed by atoms with Crippen LogP contribution in [0.5, 0.6) is 0 Å². The van der Waals surface area contributed by atoms with E-state index in [1.165, 1.54) is 0 Å². The molecular formula is C10H15BrN2O2. The summed E-state index contributed by atoms with van der Waals surface area (Å²) in [6.45, 7) is 6.19. The number of halogens is 1. The number of rotatable bonds is 4. The Kier molecular flexibility index (Phi) is 4.32. The van der Waals surface area contributed by atoms with Crippen molar-refractivity contribution in [3.63, 3.8) is 0 Å². The van der Waals surface area contributed by atoms with E-state index in [9.17, 15) is 4.79 Å². The van der Waals surface area contributed by atoms with Crippen LogP contribution in [-0.4, -0.2) is 15.9 Å². The summed E-state index contributed by atoms with van der Waals surface area (Å²) in [6.07, 6.45) is 0. The van der Waals surface area contributed by atoms with Gasteiger partial charge in [-0.15, -0.1) is 0 Å². The first-order valence-electron chi connectivity index (χ1n) is 4.84. The topological polar surface area (TPSA) is 55.1 Å². The number of carbonyl (C=O) groups is 1. The molecule has 4 nitrogen and oxygen atoms in total. The van der Waals surface area contributed by atoms with E-state index in [1.807, 2.05) is 20.8 Å². The van der Waals surface area contributed by atoms with Crippen LogP contribution in [0, 0.1) is 12.8 Å². The highest BCUT2D eigenvalue weighted by Crippen LogP contribution is 2.12. The molecule has 0 aliphatic heterocycles. The first-order valence-corrected chi connectivity index (χ1v) is 5.76. The zero-order valence-electron chi connectivity index (χ0n) is 9.08. The number of alkyl halides is 1. The number of hydrogen-bond donors (Lipinski definition) is 1. The molecule has 1 heterocycles. The maximum atomic E-state index is 11.5. The zero-order valence-corrected chi connectivity index (χ0v) is 10.7. The second kappa shape index (κ2) is 5.30. The standard InChI is InChI=1S/C10H15BrN2O2/c1-6(2)9(11)10(14)12-5-8-4-7(3)13-15-8/h4,6,9H,5H2,1-3H3,(H,12,14). The number of carbonyl (C=O) groups excluding carboxylic acids is 1. The largest absolute Gasteiger partial charge is 0.359 e. The van der Waals surface area contributed by atoms with E-state index in [4.69, 9.17) is 4.52 Å². The van der Waals surface area contributed by atoms with Crippen molar-refractivity contribution in [3.05, 3.63) is 17.5 Å². The lowest BCUT2D eigenvalue weighted by molar-refractivity contribution is -0.121. The Morgan fingerprint density at radius 1 is 1.67 bits per heavy atom. The minimum Gasteiger partial charge on any atom is -0.359 e. The molecule has 0 spiro atoms. The lowest BCUT2D eigenvalue weighted by Gasteiger charge is -2.12. The van der Waals surface area contributed by atoms with Gasteiger partial charge in [-0.2, -0.15) is 0 Å². The van der Waals surface area contributed by atoms with Crippen LogP contribution in [-0.2, 0) is 11.3 Å². The summed E-state index contributed by atoms with van der Waals surface area (Å²) in [5, 5.41) is 6.51. The van der Waals surface area contributed by atoms with Gasteiger partial charge >= 0.3 is 0 Å². The summed E-state index contributed by atoms with van der Waals surface area (Å²) in [4.78, 5) is 11.4. The smallest absolute Gasteiger partial charge is 0.234 e. The van der Waals surface area contributed by atoms with Crippen LogP contribution in [0.2, 0.25) is 0 Å². The number of nitrogens with zero attached hydrogens (tertiary/aromatic N) is 1. The summed E-state index contributed by atoms with van der Waals surface area (Å²) < 4.78 is 4.97. The minimum atomic E-state index is -0.165. The van der Waals surface area contributed by atoms with Crippen molar-refractivity contribution >= 4 is 21.8 Å². The average molecular weight is 275 g/mol. The zero-order chi connectivity index (χ0) is 11.4. The predicted octanol–water partition coefficient (Wildman–Crippen LogP) is 2.02. The van der Waals surface area contributed by atoms with Crippen molar-refractivity contribution in [3.8, 4) is 0 Å². The molecule has 1 unspecified atom stereocenters. The molecule has 0 saturated carbocycles. The lowest BCUT2D eigenvalue weighted by atomic mass is 10.1. The highest BCUT2D eigenvalue weighted by Gasteiger charge is 2.18. The van der Waals surface area contributed by atoms with E-state index in [1.54, 1.807) is 6.07 Å². The van der Waals surface area contributed by atoms with Gasteiger partial charge in [0.15, 0.2) is 5.76 Å². The highest BCUT2D eigenvalue weighted by molar-refractivity contribution is 9.10. The Bertz CT molecular complexity index is 336. The number of hydrogen-bond acceptors (Lipinski definition) is 3. The Hall–Kier alpha value is -0.840. The van der Waals surface area contributed by atoms with Gasteiger partial charge < -0.3 is 9.84 Å². The van der Waals surface area contributed by atoms with E-state index in [0.29, 0.717) is 12.3 Å². The van der Waals surface area contributed by atoms with Crippen molar-refractivity contribution in [2.45, 2.75) is 32.1 Å². The first kappa shape index (κ1) is 12.2. The summed E-state index contributed by atoms with van der Waals surface area (Å²) >= 11 is 3.33. The summed E-state index contributed by atoms with van der Waals surface area (Å²) in [6, 6.07) is 1.80. The average Bonchev–Trinajstić information content (AvgIpc) is 2.59. The molecule has 0 aromatic carbocycles. The third kappa shape index (κ3) is 3.66. The van der Waals surface area contributed by atoms with E-state index in [-0.39, 0.29) is 16.7 Å². The molecule has 0 aliphatic rings. The SMILES string of the molecule is Cc1cc(CNC(=O)C(Br)C(C)C)on1. The number of amides is 1. The number of aromatic nitrogens is 1. The molecule has 0 bridgehead atoms. The molecule has 1 amide bonds. The molecule has 1 N–H and O–H groups in total. The molecule has 84 valence electrons. The van der Waals surface area contributed by atoms with Gasteiger partial charge in [0.2, 0.25) is 5.91 Å². The minimum absolute atomic E-state index is 0.0287. The van der Waals surface area contributed by atoms with Crippen LogP contribution in [0.15, 0.2) is 10.6 Å². The number of nitrogens with one attached hydrogen (secondary N) is 1. The Morgan fingerprint density at radius 3 is 2.80 bits per heavy atom. The van der Waals surface area contributed by atoms with Crippen LogP contribution in [0.4, 0.5) is 0 Å². The predicted molar refractivity (Wildman–Crippen MR) is 60.6 cm³/mol. The van der Waals surface area contributed by atoms with Crippen LogP contribution < -0.4 is 5.32 Å². The molecule has 15 heavy (non-hydrogen) atoms. The van der Waals surface area contributed by atoms with Gasteiger partial charge in [0.1, 0.15) is 0 Å². The molecule has 1 rings (SSSR count). The van der Waals surface area contributed by atoms with Crippen LogP contribution in [0.25, 0.3) is 0 Å². The Morgan fingerprint density at radius 2 is 2.33 bits per heavy atom. The Balaban J connectivity index is 2.40. The molecule has 5 heteroatoms. The van der Waals surface area contributed by atoms with Crippen molar-refractivity contribution in [2.75, 3.05) is 0 Å². The third-order valence-electron chi connectivity index (χ3n) is 1.95. The maximum Gasteiger partial charge on any atom is 0.234 e. The van der Waals surface area contributed by atoms with Gasteiger partial charge in [0.25, 0.3) is 0 Å². The second-order valence-electron chi connectivity index (χ2n) is 3.80. The number of aryl methyl sites for hydroxylation is 1. The van der Waals surface area contributed by atoms with Crippen molar-refractivity contribution < 1.29 is 9.32 Å². The quantitative estimate of drug-likeness (QED) is 0.855. The van der Waals surface area contributed by atoms with Gasteiger partial charge in [-0.1, -0.05) is 34.9 Å². The van der Waals surface area contributed by atoms with Gasteiger partial charge in [-0.05, 0) is 12.8 Å². The fourth-order valence-electron chi connectivity index (χ4n) is 1.07. The van der Waals surface area contributed by atoms with E-state index in [0.717, 1.165) is 5.69 Å². The van der Waals surface area contributed by atoms with E-state index < -0.39 is 0 Å². The highest BCUT2D eigenvalue weighted by atomic mass is 79.9. The molecule has 0 radical (unpaired) electrons. The van der Waals surface area contributed by atoms with Gasteiger partial charge in [-0.3, -0.25) is 4.79 Å². The third-order valence-corrected chi connectivity index (χ3v) is 3.42. The van der Waals surface area contributed by atoms with E-state index >= 15 is 0 Å². The monoisotopic (exact) mass is 274 g/mol. The molecular weight excluding hydrogens is 260 g/mol. The van der Waals surface area contributed by atoms with Crippen LogP contribution in [0.3, 0.4) is 0 Å². The summed E-state index contributed by atoms with van der Waals surface area (Å²) in [7, 11) is 0. The summed E-state index contributed by atoms with van der Waals surface area (Å²) in [5.74, 6) is 0.907. The lowest BCUT2D eigenvalue weighted by Crippen LogP contribution is -2.33. The Labute approximate surface area is 97.5 Å². The van der Waals surface area contributed by atoms with Gasteiger partial charge in [0.05, 0.1) is 17.1 Å². The van der Waals surface area contributed by atoms with E-state index in [2.05, 4.69) is 26.4 Å². The maximum absolute atomic E-state index is 11.5. The normalized spacial score (nSPS) is 12.9. The van der Waals surface area contributed by atoms with Crippen molar-refractivity contribution in [1.29, 1.82) is 0 Å². The van der Waals surface area contributed by atoms with Crippen LogP contribution >= 0.6 is 15.9 Å². The van der Waals surface area contributed by atoms with Gasteiger partial charge in [-0.25, -0.2) is 0 Å². The summed E-state index contributed by atoms with van der Waals surface area (Å²) in [5.41, 5.74) is 0.818.